The molecule has 0 unspecified atom stereocenters. The second-order valence-electron chi connectivity index (χ2n) is 3.55. The fraction of sp³-hybridized carbons (Fsp3) is 0.300. The lowest BCUT2D eigenvalue weighted by Crippen LogP contribution is -2.33. The van der Waals surface area contributed by atoms with Gasteiger partial charge >= 0.3 is 0 Å². The topological polar surface area (TPSA) is 56.2 Å². The molecule has 1 aromatic rings. The van der Waals surface area contributed by atoms with Crippen molar-refractivity contribution in [3.05, 3.63) is 33.3 Å². The standard InChI is InChI=1S/C10H11BrN4/c1-6(2)15-10-8(9(11)14-15)7(12)4-3-5-13-10/h4-6H,12H2,1-2H3. The van der Waals surface area contributed by atoms with Gasteiger partial charge in [-0.2, -0.15) is 5.10 Å². The van der Waals surface area contributed by atoms with E-state index < -0.39 is 0 Å². The third kappa shape index (κ3) is 1.64. The molecule has 4 nitrogen and oxygen atoms in total. The molecule has 5 heteroatoms. The van der Waals surface area contributed by atoms with Crippen molar-refractivity contribution in [2.45, 2.75) is 19.9 Å². The van der Waals surface area contributed by atoms with Crippen LogP contribution in [0, 0.1) is 0 Å². The van der Waals surface area contributed by atoms with Gasteiger partial charge in [-0.25, -0.2) is 9.67 Å². The largest absolute Gasteiger partial charge is 0.398 e. The van der Waals surface area contributed by atoms with Gasteiger partial charge in [-0.15, -0.1) is 0 Å². The van der Waals surface area contributed by atoms with Crippen molar-refractivity contribution < 1.29 is 0 Å². The Bertz CT molecular complexity index is 573. The zero-order chi connectivity index (χ0) is 11.0. The molecule has 1 aliphatic heterocycles. The maximum absolute atomic E-state index is 5.90. The molecular formula is C10H11BrN4. The first-order valence-corrected chi connectivity index (χ1v) is 5.43. The van der Waals surface area contributed by atoms with Gasteiger partial charge in [0.1, 0.15) is 4.60 Å². The molecule has 0 atom stereocenters. The maximum atomic E-state index is 5.90. The van der Waals surface area contributed by atoms with E-state index in [4.69, 9.17) is 5.73 Å². The monoisotopic (exact) mass is 266 g/mol. The summed E-state index contributed by atoms with van der Waals surface area (Å²) in [6.07, 6.45) is 3.30. The maximum Gasteiger partial charge on any atom is 0.161 e. The van der Waals surface area contributed by atoms with Crippen molar-refractivity contribution in [2.24, 2.45) is 10.7 Å². The number of nitrogens with zero attached hydrogens (tertiary/aromatic N) is 3. The molecule has 2 N–H and O–H groups in total. The van der Waals surface area contributed by atoms with Crippen molar-refractivity contribution in [1.82, 2.24) is 9.78 Å². The quantitative estimate of drug-likeness (QED) is 0.757. The van der Waals surface area contributed by atoms with Gasteiger partial charge in [0.05, 0.1) is 17.1 Å². The first kappa shape index (κ1) is 10.2. The molecule has 0 aromatic carbocycles. The molecule has 0 saturated heterocycles. The second kappa shape index (κ2) is 3.68. The highest BCUT2D eigenvalue weighted by Crippen LogP contribution is 2.03. The predicted octanol–water partition coefficient (Wildman–Crippen LogP) is 0.595. The molecule has 2 rings (SSSR count). The summed E-state index contributed by atoms with van der Waals surface area (Å²) in [6.45, 7) is 4.10. The summed E-state index contributed by atoms with van der Waals surface area (Å²) in [7, 11) is 0. The van der Waals surface area contributed by atoms with E-state index in [2.05, 4.69) is 31.8 Å². The van der Waals surface area contributed by atoms with Crippen LogP contribution in [0.2, 0.25) is 0 Å². The van der Waals surface area contributed by atoms with E-state index in [1.54, 1.807) is 12.3 Å². The minimum atomic E-state index is 0.244. The highest BCUT2D eigenvalue weighted by atomic mass is 79.9. The van der Waals surface area contributed by atoms with Crippen LogP contribution in [0.15, 0.2) is 27.6 Å². The fourth-order valence-electron chi connectivity index (χ4n) is 1.43. The van der Waals surface area contributed by atoms with Gasteiger partial charge in [0, 0.05) is 12.1 Å². The number of aromatic nitrogens is 2. The summed E-state index contributed by atoms with van der Waals surface area (Å²) < 4.78 is 2.56. The molecule has 0 saturated carbocycles. The summed E-state index contributed by atoms with van der Waals surface area (Å²) in [5, 5.41) is 5.19. The summed E-state index contributed by atoms with van der Waals surface area (Å²) in [5.41, 5.74) is 10.2. The normalized spacial score (nSPS) is 14.0. The van der Waals surface area contributed by atoms with E-state index in [1.165, 1.54) is 0 Å². The molecule has 78 valence electrons. The van der Waals surface area contributed by atoms with E-state index >= 15 is 0 Å². The predicted molar refractivity (Wildman–Crippen MR) is 61.3 cm³/mol. The van der Waals surface area contributed by atoms with Crippen LogP contribution in [0.1, 0.15) is 19.9 Å². The van der Waals surface area contributed by atoms with Gasteiger partial charge < -0.3 is 5.73 Å². The number of rotatable bonds is 1. The molecule has 1 aromatic heterocycles. The Hall–Kier alpha value is -1.32. The van der Waals surface area contributed by atoms with E-state index in [9.17, 15) is 0 Å². The lowest BCUT2D eigenvalue weighted by atomic mass is 10.3. The molecule has 0 fully saturated rings. The van der Waals surface area contributed by atoms with Crippen molar-refractivity contribution >= 4 is 21.6 Å². The summed E-state index contributed by atoms with van der Waals surface area (Å²) in [5.74, 6) is 0. The average molecular weight is 267 g/mol. The average Bonchev–Trinajstić information content (AvgIpc) is 2.37. The SMILES string of the molecule is CC(C)n1nc(Br)c2c1=NC=C=CC=2N. The Kier molecular flexibility index (Phi) is 2.50. The van der Waals surface area contributed by atoms with Crippen LogP contribution in [0.5, 0.6) is 0 Å². The van der Waals surface area contributed by atoms with Crippen LogP contribution in [0.25, 0.3) is 5.70 Å². The van der Waals surface area contributed by atoms with E-state index in [0.717, 1.165) is 15.3 Å². The van der Waals surface area contributed by atoms with Gasteiger partial charge in [0.15, 0.2) is 5.49 Å². The highest BCUT2D eigenvalue weighted by Gasteiger charge is 2.10. The fourth-order valence-corrected chi connectivity index (χ4v) is 2.01. The Morgan fingerprint density at radius 2 is 2.27 bits per heavy atom. The first-order chi connectivity index (χ1) is 7.11. The second-order valence-corrected chi connectivity index (χ2v) is 4.30. The molecule has 15 heavy (non-hydrogen) atoms. The molecule has 0 aliphatic carbocycles. The van der Waals surface area contributed by atoms with Gasteiger partial charge in [-0.3, -0.25) is 0 Å². The number of halogens is 1. The van der Waals surface area contributed by atoms with Crippen molar-refractivity contribution in [3.8, 4) is 0 Å². The van der Waals surface area contributed by atoms with Gasteiger partial charge in [0.2, 0.25) is 0 Å². The van der Waals surface area contributed by atoms with Crippen LogP contribution >= 0.6 is 15.9 Å². The first-order valence-electron chi connectivity index (χ1n) is 4.64. The zero-order valence-electron chi connectivity index (χ0n) is 8.53. The Morgan fingerprint density at radius 3 is 2.93 bits per heavy atom. The molecule has 2 heterocycles. The van der Waals surface area contributed by atoms with Gasteiger partial charge in [-0.05, 0) is 29.8 Å². The smallest absolute Gasteiger partial charge is 0.161 e. The van der Waals surface area contributed by atoms with Crippen molar-refractivity contribution in [2.75, 3.05) is 0 Å². The third-order valence-electron chi connectivity index (χ3n) is 2.12. The van der Waals surface area contributed by atoms with E-state index in [1.807, 2.05) is 18.5 Å². The number of nitrogens with two attached hydrogens (primary N) is 1. The minimum absolute atomic E-state index is 0.244. The van der Waals surface area contributed by atoms with Crippen LogP contribution in [0.4, 0.5) is 0 Å². The van der Waals surface area contributed by atoms with E-state index in [0.29, 0.717) is 5.70 Å². The highest BCUT2D eigenvalue weighted by molar-refractivity contribution is 9.10. The van der Waals surface area contributed by atoms with Crippen LogP contribution in [-0.4, -0.2) is 9.78 Å². The molecule has 0 bridgehead atoms. The van der Waals surface area contributed by atoms with E-state index in [-0.39, 0.29) is 6.04 Å². The van der Waals surface area contributed by atoms with Gasteiger partial charge in [0.25, 0.3) is 0 Å². The lowest BCUT2D eigenvalue weighted by Gasteiger charge is -2.03. The minimum Gasteiger partial charge on any atom is -0.398 e. The number of hydrogen-bond acceptors (Lipinski definition) is 3. The molecular weight excluding hydrogens is 256 g/mol. The summed E-state index contributed by atoms with van der Waals surface area (Å²) in [4.78, 5) is 4.28. The molecule has 0 amide bonds. The lowest BCUT2D eigenvalue weighted by molar-refractivity contribution is 0.508. The molecule has 0 spiro atoms. The van der Waals surface area contributed by atoms with Gasteiger partial charge in [-0.1, -0.05) is 5.73 Å². The number of hydrogen-bond donors (Lipinski definition) is 1. The van der Waals surface area contributed by atoms with Crippen molar-refractivity contribution in [1.29, 1.82) is 0 Å². The number of fused-ring (bicyclic) bond motifs is 1. The summed E-state index contributed by atoms with van der Waals surface area (Å²) >= 11 is 3.39. The Morgan fingerprint density at radius 1 is 1.53 bits per heavy atom. The molecule has 0 radical (unpaired) electrons. The third-order valence-corrected chi connectivity index (χ3v) is 2.68. The van der Waals surface area contributed by atoms with Crippen molar-refractivity contribution in [3.63, 3.8) is 0 Å². The van der Waals surface area contributed by atoms with Crippen LogP contribution in [-0.2, 0) is 0 Å². The summed E-state index contributed by atoms with van der Waals surface area (Å²) in [6, 6.07) is 0.244. The Labute approximate surface area is 95.6 Å². The zero-order valence-corrected chi connectivity index (χ0v) is 10.1. The van der Waals surface area contributed by atoms with Crippen LogP contribution < -0.4 is 16.4 Å². The van der Waals surface area contributed by atoms with Crippen LogP contribution in [0.3, 0.4) is 0 Å². The Balaban J connectivity index is 2.93. The molecule has 1 aliphatic rings.